The fourth-order valence-electron chi connectivity index (χ4n) is 1.78. The number of rotatable bonds is 11. The van der Waals surface area contributed by atoms with Crippen LogP contribution in [0, 0.1) is 0 Å². The van der Waals surface area contributed by atoms with Crippen molar-refractivity contribution in [1.29, 1.82) is 0 Å². The molecule has 116 valence electrons. The Morgan fingerprint density at radius 3 is 2.15 bits per heavy atom. The van der Waals surface area contributed by atoms with Gasteiger partial charge in [-0.1, -0.05) is 50.5 Å². The van der Waals surface area contributed by atoms with Gasteiger partial charge in [0.2, 0.25) is 5.78 Å². The summed E-state index contributed by atoms with van der Waals surface area (Å²) < 4.78 is 35.7. The van der Waals surface area contributed by atoms with Crippen LogP contribution in [0.2, 0.25) is 0 Å². The van der Waals surface area contributed by atoms with E-state index in [9.17, 15) is 18.0 Å². The molecule has 0 aliphatic heterocycles. The van der Waals surface area contributed by atoms with E-state index in [1.54, 1.807) is 0 Å². The third-order valence-corrected chi connectivity index (χ3v) is 2.93. The SMILES string of the molecule is CC/C=C\C/C=C\CCCCCCCC(=O)C(F)(F)F. The van der Waals surface area contributed by atoms with Gasteiger partial charge in [-0.2, -0.15) is 13.2 Å². The van der Waals surface area contributed by atoms with Gasteiger partial charge in [-0.3, -0.25) is 4.79 Å². The largest absolute Gasteiger partial charge is 0.449 e. The highest BCUT2D eigenvalue weighted by Gasteiger charge is 2.36. The third kappa shape index (κ3) is 12.0. The Morgan fingerprint density at radius 1 is 0.900 bits per heavy atom. The van der Waals surface area contributed by atoms with E-state index in [1.165, 1.54) is 0 Å². The van der Waals surface area contributed by atoms with Crippen molar-refractivity contribution in [1.82, 2.24) is 0 Å². The van der Waals surface area contributed by atoms with E-state index in [0.717, 1.165) is 38.5 Å². The van der Waals surface area contributed by atoms with Crippen LogP contribution in [0.5, 0.6) is 0 Å². The molecule has 0 radical (unpaired) electrons. The van der Waals surface area contributed by atoms with Crippen molar-refractivity contribution in [2.75, 3.05) is 0 Å². The quantitative estimate of drug-likeness (QED) is 0.349. The van der Waals surface area contributed by atoms with Gasteiger partial charge in [-0.15, -0.1) is 0 Å². The van der Waals surface area contributed by atoms with E-state index in [0.29, 0.717) is 12.8 Å². The molecule has 0 aliphatic rings. The summed E-state index contributed by atoms with van der Waals surface area (Å²) in [7, 11) is 0. The maximum Gasteiger partial charge on any atom is 0.449 e. The van der Waals surface area contributed by atoms with Crippen LogP contribution in [0.25, 0.3) is 0 Å². The predicted molar refractivity (Wildman–Crippen MR) is 76.6 cm³/mol. The standard InChI is InChI=1S/C16H25F3O/c1-2-3-4-5-6-7-8-9-10-11-12-13-14-15(20)16(17,18)19/h3-4,6-7H,2,5,8-14H2,1H3/b4-3-,7-6-. The normalized spacial score (nSPS) is 12.6. The van der Waals surface area contributed by atoms with Crippen molar-refractivity contribution < 1.29 is 18.0 Å². The van der Waals surface area contributed by atoms with E-state index >= 15 is 0 Å². The number of carbonyl (C=O) groups is 1. The van der Waals surface area contributed by atoms with E-state index in [2.05, 4.69) is 31.2 Å². The van der Waals surface area contributed by atoms with Gasteiger partial charge in [0.15, 0.2) is 0 Å². The first-order chi connectivity index (χ1) is 9.48. The maximum atomic E-state index is 11.9. The third-order valence-electron chi connectivity index (χ3n) is 2.93. The van der Waals surface area contributed by atoms with E-state index in [-0.39, 0.29) is 6.42 Å². The molecule has 0 atom stereocenters. The molecule has 0 heterocycles. The molecular weight excluding hydrogens is 265 g/mol. The summed E-state index contributed by atoms with van der Waals surface area (Å²) in [6.45, 7) is 2.10. The van der Waals surface area contributed by atoms with Crippen LogP contribution in [0.3, 0.4) is 0 Å². The van der Waals surface area contributed by atoms with Crippen LogP contribution in [0.15, 0.2) is 24.3 Å². The number of alkyl halides is 3. The number of Topliss-reactive ketones (excluding diaryl/α,β-unsaturated/α-hetero) is 1. The van der Waals surface area contributed by atoms with Crippen molar-refractivity contribution in [2.24, 2.45) is 0 Å². The first-order valence-electron chi connectivity index (χ1n) is 7.38. The number of carbonyl (C=O) groups excluding carboxylic acids is 1. The van der Waals surface area contributed by atoms with Crippen molar-refractivity contribution in [3.05, 3.63) is 24.3 Å². The second-order valence-corrected chi connectivity index (χ2v) is 4.81. The van der Waals surface area contributed by atoms with Crippen LogP contribution >= 0.6 is 0 Å². The molecule has 0 bridgehead atoms. The molecule has 20 heavy (non-hydrogen) atoms. The van der Waals surface area contributed by atoms with Crippen molar-refractivity contribution in [3.8, 4) is 0 Å². The number of halogens is 3. The molecule has 0 fully saturated rings. The molecule has 4 heteroatoms. The second-order valence-electron chi connectivity index (χ2n) is 4.81. The van der Waals surface area contributed by atoms with Gasteiger partial charge in [-0.25, -0.2) is 0 Å². The fraction of sp³-hybridized carbons (Fsp3) is 0.688. The van der Waals surface area contributed by atoms with E-state index in [1.807, 2.05) is 0 Å². The lowest BCUT2D eigenvalue weighted by Gasteiger charge is -2.04. The van der Waals surface area contributed by atoms with Crippen LogP contribution in [0.4, 0.5) is 13.2 Å². The highest BCUT2D eigenvalue weighted by molar-refractivity contribution is 5.83. The second kappa shape index (κ2) is 11.7. The minimum Gasteiger partial charge on any atom is -0.290 e. The van der Waals surface area contributed by atoms with Crippen LogP contribution < -0.4 is 0 Å². The fourth-order valence-corrected chi connectivity index (χ4v) is 1.78. The molecule has 0 aliphatic carbocycles. The molecule has 0 saturated carbocycles. The summed E-state index contributed by atoms with van der Waals surface area (Å²) in [5.41, 5.74) is 0. The number of allylic oxidation sites excluding steroid dienone is 4. The number of ketones is 1. The first-order valence-corrected chi connectivity index (χ1v) is 7.38. The van der Waals surface area contributed by atoms with Crippen molar-refractivity contribution >= 4 is 5.78 Å². The van der Waals surface area contributed by atoms with Gasteiger partial charge in [0.25, 0.3) is 0 Å². The molecule has 0 rings (SSSR count). The van der Waals surface area contributed by atoms with Gasteiger partial charge < -0.3 is 0 Å². The van der Waals surface area contributed by atoms with Gasteiger partial charge in [0.05, 0.1) is 0 Å². The number of hydrogen-bond acceptors (Lipinski definition) is 1. The van der Waals surface area contributed by atoms with E-state index in [4.69, 9.17) is 0 Å². The van der Waals surface area contributed by atoms with E-state index < -0.39 is 12.0 Å². The summed E-state index contributed by atoms with van der Waals surface area (Å²) in [4.78, 5) is 10.6. The summed E-state index contributed by atoms with van der Waals surface area (Å²) in [6, 6.07) is 0. The molecule has 0 aromatic rings. The summed E-state index contributed by atoms with van der Waals surface area (Å²) in [5, 5.41) is 0. The summed E-state index contributed by atoms with van der Waals surface area (Å²) in [6.07, 6.45) is 10.6. The zero-order valence-corrected chi connectivity index (χ0v) is 12.2. The molecule has 0 aromatic carbocycles. The molecule has 0 amide bonds. The molecule has 0 N–H and O–H groups in total. The Hall–Kier alpha value is -1.06. The summed E-state index contributed by atoms with van der Waals surface area (Å²) in [5.74, 6) is -1.60. The highest BCUT2D eigenvalue weighted by Crippen LogP contribution is 2.19. The van der Waals surface area contributed by atoms with Gasteiger partial charge in [0, 0.05) is 6.42 Å². The molecular formula is C16H25F3O. The minimum absolute atomic E-state index is 0.343. The average molecular weight is 290 g/mol. The maximum absolute atomic E-state index is 11.9. The Kier molecular flexibility index (Phi) is 11.1. The zero-order chi connectivity index (χ0) is 15.3. The van der Waals surface area contributed by atoms with Gasteiger partial charge >= 0.3 is 6.18 Å². The Balaban J connectivity index is 3.33. The molecule has 1 nitrogen and oxygen atoms in total. The van der Waals surface area contributed by atoms with Gasteiger partial charge in [0.1, 0.15) is 0 Å². The Labute approximate surface area is 119 Å². The molecule has 0 aromatic heterocycles. The van der Waals surface area contributed by atoms with Crippen LogP contribution in [-0.2, 0) is 4.79 Å². The zero-order valence-electron chi connectivity index (χ0n) is 12.2. The average Bonchev–Trinajstić information content (AvgIpc) is 2.38. The Morgan fingerprint density at radius 2 is 1.50 bits per heavy atom. The van der Waals surface area contributed by atoms with Gasteiger partial charge in [-0.05, 0) is 32.1 Å². The number of unbranched alkanes of at least 4 members (excludes halogenated alkanes) is 5. The monoisotopic (exact) mass is 290 g/mol. The first kappa shape index (κ1) is 18.9. The van der Waals surface area contributed by atoms with Crippen LogP contribution in [-0.4, -0.2) is 12.0 Å². The van der Waals surface area contributed by atoms with Crippen molar-refractivity contribution in [2.45, 2.75) is 70.9 Å². The molecule has 0 spiro atoms. The van der Waals surface area contributed by atoms with Crippen LogP contribution in [0.1, 0.15) is 64.7 Å². The highest BCUT2D eigenvalue weighted by atomic mass is 19.4. The predicted octanol–water partition coefficient (Wildman–Crippen LogP) is 5.76. The van der Waals surface area contributed by atoms with Crippen molar-refractivity contribution in [3.63, 3.8) is 0 Å². The molecule has 0 saturated heterocycles. The smallest absolute Gasteiger partial charge is 0.290 e. The minimum atomic E-state index is -4.66. The summed E-state index contributed by atoms with van der Waals surface area (Å²) >= 11 is 0. The topological polar surface area (TPSA) is 17.1 Å². The number of hydrogen-bond donors (Lipinski definition) is 0. The lowest BCUT2D eigenvalue weighted by Crippen LogP contribution is -2.22. The lowest BCUT2D eigenvalue weighted by atomic mass is 10.1. The Bertz CT molecular complexity index is 303. The molecule has 0 unspecified atom stereocenters. The lowest BCUT2D eigenvalue weighted by molar-refractivity contribution is -0.171.